The minimum Gasteiger partial charge on any atom is -0.465 e. The summed E-state index contributed by atoms with van der Waals surface area (Å²) in [6.45, 7) is 1.56. The first-order chi connectivity index (χ1) is 8.74. The zero-order chi connectivity index (χ0) is 12.8. The Labute approximate surface area is 106 Å². The van der Waals surface area contributed by atoms with Gasteiger partial charge in [-0.25, -0.2) is 0 Å². The maximum Gasteiger partial charge on any atom is 0.194 e. The molecule has 0 aliphatic heterocycles. The molecular weight excluding hydrogens is 228 g/mol. The summed E-state index contributed by atoms with van der Waals surface area (Å²) >= 11 is 0. The highest BCUT2D eigenvalue weighted by atomic mass is 16.6. The number of aliphatic hydroxyl groups is 1. The highest BCUT2D eigenvalue weighted by molar-refractivity contribution is 5.42. The van der Waals surface area contributed by atoms with E-state index >= 15 is 0 Å². The van der Waals surface area contributed by atoms with Crippen molar-refractivity contribution in [2.24, 2.45) is 10.2 Å². The summed E-state index contributed by atoms with van der Waals surface area (Å²) in [6, 6.07) is 16.6. The van der Waals surface area contributed by atoms with E-state index in [0.717, 1.165) is 11.4 Å². The fourth-order valence-corrected chi connectivity index (χ4v) is 1.40. The number of hydrogen-bond donors (Lipinski definition) is 1. The third-order valence-corrected chi connectivity index (χ3v) is 2.18. The van der Waals surface area contributed by atoms with Crippen molar-refractivity contribution in [2.45, 2.75) is 13.2 Å². The summed E-state index contributed by atoms with van der Waals surface area (Å²) in [4.78, 5) is 0. The van der Waals surface area contributed by atoms with Crippen LogP contribution in [0.5, 0.6) is 5.75 Å². The molecule has 0 heterocycles. The molecule has 0 radical (unpaired) electrons. The van der Waals surface area contributed by atoms with Crippen LogP contribution in [0.4, 0.5) is 11.4 Å². The van der Waals surface area contributed by atoms with Crippen LogP contribution in [0.3, 0.4) is 0 Å². The van der Waals surface area contributed by atoms with E-state index in [0.29, 0.717) is 5.75 Å². The van der Waals surface area contributed by atoms with Gasteiger partial charge >= 0.3 is 0 Å². The summed E-state index contributed by atoms with van der Waals surface area (Å²) in [5.41, 5.74) is 1.54. The lowest BCUT2D eigenvalue weighted by atomic mass is 10.3. The number of nitrogens with zero attached hydrogens (tertiary/aromatic N) is 2. The molecule has 92 valence electrons. The predicted molar refractivity (Wildman–Crippen MR) is 69.4 cm³/mol. The van der Waals surface area contributed by atoms with E-state index in [2.05, 4.69) is 10.2 Å². The van der Waals surface area contributed by atoms with Crippen LogP contribution in [0.15, 0.2) is 64.8 Å². The Morgan fingerprint density at radius 1 is 0.889 bits per heavy atom. The van der Waals surface area contributed by atoms with Crippen molar-refractivity contribution in [1.29, 1.82) is 0 Å². The van der Waals surface area contributed by atoms with E-state index in [1.165, 1.54) is 0 Å². The minimum atomic E-state index is -0.818. The Balaban J connectivity index is 2.04. The quantitative estimate of drug-likeness (QED) is 0.654. The highest BCUT2D eigenvalue weighted by Gasteiger charge is 1.98. The standard InChI is InChI=1S/C14H14N2O2/c1-11(17)18-14-9-7-13(8-10-14)16-15-12-5-3-2-4-6-12/h2-11,17H,1H3/b16-15+. The summed E-state index contributed by atoms with van der Waals surface area (Å²) in [5, 5.41) is 17.3. The Bertz CT molecular complexity index is 507. The van der Waals surface area contributed by atoms with Gasteiger partial charge in [0.1, 0.15) is 5.75 Å². The van der Waals surface area contributed by atoms with Crippen LogP contribution in [0.25, 0.3) is 0 Å². The van der Waals surface area contributed by atoms with Crippen LogP contribution in [-0.2, 0) is 0 Å². The van der Waals surface area contributed by atoms with Crippen LogP contribution in [0, 0.1) is 0 Å². The van der Waals surface area contributed by atoms with Gasteiger partial charge in [0, 0.05) is 0 Å². The van der Waals surface area contributed by atoms with E-state index in [1.54, 1.807) is 31.2 Å². The van der Waals surface area contributed by atoms with Crippen molar-refractivity contribution in [1.82, 2.24) is 0 Å². The average molecular weight is 242 g/mol. The molecule has 0 saturated carbocycles. The normalized spacial score (nSPS) is 12.6. The average Bonchev–Trinajstić information content (AvgIpc) is 2.38. The lowest BCUT2D eigenvalue weighted by molar-refractivity contribution is -0.000282. The molecule has 4 nitrogen and oxygen atoms in total. The molecule has 1 N–H and O–H groups in total. The second-order valence-electron chi connectivity index (χ2n) is 3.75. The van der Waals surface area contributed by atoms with Gasteiger partial charge in [0.25, 0.3) is 0 Å². The molecule has 4 heteroatoms. The molecule has 2 rings (SSSR count). The lowest BCUT2D eigenvalue weighted by Gasteiger charge is -2.07. The summed E-state index contributed by atoms with van der Waals surface area (Å²) in [7, 11) is 0. The Hall–Kier alpha value is -2.20. The first-order valence-corrected chi connectivity index (χ1v) is 5.65. The highest BCUT2D eigenvalue weighted by Crippen LogP contribution is 2.21. The molecule has 18 heavy (non-hydrogen) atoms. The van der Waals surface area contributed by atoms with Crippen LogP contribution >= 0.6 is 0 Å². The number of ether oxygens (including phenoxy) is 1. The van der Waals surface area contributed by atoms with Gasteiger partial charge in [-0.05, 0) is 43.3 Å². The number of aliphatic hydroxyl groups excluding tert-OH is 1. The first kappa shape index (κ1) is 12.3. The fraction of sp³-hybridized carbons (Fsp3) is 0.143. The van der Waals surface area contributed by atoms with E-state index in [9.17, 15) is 0 Å². The van der Waals surface area contributed by atoms with Crippen molar-refractivity contribution in [3.63, 3.8) is 0 Å². The molecule has 2 aromatic rings. The molecule has 0 amide bonds. The van der Waals surface area contributed by atoms with Crippen molar-refractivity contribution < 1.29 is 9.84 Å². The number of rotatable bonds is 4. The molecule has 0 fully saturated rings. The molecule has 1 atom stereocenters. The molecule has 0 aliphatic rings. The predicted octanol–water partition coefficient (Wildman–Crippen LogP) is 3.82. The number of azo groups is 1. The molecule has 2 aromatic carbocycles. The van der Waals surface area contributed by atoms with Crippen LogP contribution in [-0.4, -0.2) is 11.4 Å². The zero-order valence-electron chi connectivity index (χ0n) is 10.0. The topological polar surface area (TPSA) is 54.2 Å². The molecular formula is C14H14N2O2. The SMILES string of the molecule is CC(O)Oc1ccc(/N=N/c2ccccc2)cc1. The molecule has 0 bridgehead atoms. The molecule has 0 saturated heterocycles. The summed E-state index contributed by atoms with van der Waals surface area (Å²) in [5.74, 6) is 0.601. The van der Waals surface area contributed by atoms with Gasteiger partial charge in [0.15, 0.2) is 6.29 Å². The number of hydrogen-bond acceptors (Lipinski definition) is 4. The monoisotopic (exact) mass is 242 g/mol. The summed E-state index contributed by atoms with van der Waals surface area (Å²) in [6.07, 6.45) is -0.818. The van der Waals surface area contributed by atoms with Crippen LogP contribution in [0.1, 0.15) is 6.92 Å². The summed E-state index contributed by atoms with van der Waals surface area (Å²) < 4.78 is 5.12. The van der Waals surface area contributed by atoms with Crippen LogP contribution < -0.4 is 4.74 Å². The maximum atomic E-state index is 9.06. The van der Waals surface area contributed by atoms with E-state index < -0.39 is 6.29 Å². The van der Waals surface area contributed by atoms with Crippen LogP contribution in [0.2, 0.25) is 0 Å². The Kier molecular flexibility index (Phi) is 4.04. The van der Waals surface area contributed by atoms with Gasteiger partial charge in [0.2, 0.25) is 0 Å². The minimum absolute atomic E-state index is 0.601. The largest absolute Gasteiger partial charge is 0.465 e. The van der Waals surface area contributed by atoms with Crippen molar-refractivity contribution >= 4 is 11.4 Å². The van der Waals surface area contributed by atoms with Gasteiger partial charge in [0.05, 0.1) is 11.4 Å². The Morgan fingerprint density at radius 3 is 2.00 bits per heavy atom. The van der Waals surface area contributed by atoms with Gasteiger partial charge in [-0.15, -0.1) is 0 Å². The van der Waals surface area contributed by atoms with E-state index in [1.807, 2.05) is 30.3 Å². The van der Waals surface area contributed by atoms with Gasteiger partial charge < -0.3 is 9.84 Å². The maximum absolute atomic E-state index is 9.06. The second-order valence-corrected chi connectivity index (χ2v) is 3.75. The molecule has 0 aromatic heterocycles. The smallest absolute Gasteiger partial charge is 0.194 e. The van der Waals surface area contributed by atoms with Gasteiger partial charge in [-0.1, -0.05) is 18.2 Å². The fourth-order valence-electron chi connectivity index (χ4n) is 1.40. The van der Waals surface area contributed by atoms with Crippen molar-refractivity contribution in [2.75, 3.05) is 0 Å². The molecule has 0 spiro atoms. The lowest BCUT2D eigenvalue weighted by Crippen LogP contribution is -2.09. The Morgan fingerprint density at radius 2 is 1.44 bits per heavy atom. The third-order valence-electron chi connectivity index (χ3n) is 2.18. The van der Waals surface area contributed by atoms with Gasteiger partial charge in [-0.3, -0.25) is 0 Å². The molecule has 1 unspecified atom stereocenters. The van der Waals surface area contributed by atoms with E-state index in [4.69, 9.17) is 9.84 Å². The third kappa shape index (κ3) is 3.68. The second kappa shape index (κ2) is 5.93. The van der Waals surface area contributed by atoms with Gasteiger partial charge in [-0.2, -0.15) is 10.2 Å². The first-order valence-electron chi connectivity index (χ1n) is 5.65. The molecule has 0 aliphatic carbocycles. The van der Waals surface area contributed by atoms with Crippen molar-refractivity contribution in [3.8, 4) is 5.75 Å². The zero-order valence-corrected chi connectivity index (χ0v) is 10.0. The number of benzene rings is 2. The van der Waals surface area contributed by atoms with E-state index in [-0.39, 0.29) is 0 Å². The van der Waals surface area contributed by atoms with Crippen molar-refractivity contribution in [3.05, 3.63) is 54.6 Å².